The number of ether oxygens (including phenoxy) is 1. The summed E-state index contributed by atoms with van der Waals surface area (Å²) in [6.45, 7) is 4.46. The second-order valence-electron chi connectivity index (χ2n) is 2.48. The first-order chi connectivity index (χ1) is 5.86. The van der Waals surface area contributed by atoms with Crippen LogP contribution in [0.4, 0.5) is 0 Å². The number of nitrogens with one attached hydrogen (secondary N) is 1. The standard InChI is InChI=1S/C8H15N3O/c1-3-12-8-6-10-11(7-8)5-4-9-2/h6-7,9H,3-5H2,1-2H3. The Bertz CT molecular complexity index is 222. The third-order valence-corrected chi connectivity index (χ3v) is 1.51. The third-order valence-electron chi connectivity index (χ3n) is 1.51. The van der Waals surface area contributed by atoms with Gasteiger partial charge in [0.2, 0.25) is 0 Å². The maximum absolute atomic E-state index is 5.26. The van der Waals surface area contributed by atoms with Gasteiger partial charge in [0.05, 0.1) is 25.5 Å². The van der Waals surface area contributed by atoms with Crippen LogP contribution in [-0.4, -0.2) is 30.0 Å². The lowest BCUT2D eigenvalue weighted by molar-refractivity contribution is 0.339. The molecule has 1 aromatic rings. The van der Waals surface area contributed by atoms with Gasteiger partial charge in [0, 0.05) is 6.54 Å². The first-order valence-electron chi connectivity index (χ1n) is 4.16. The summed E-state index contributed by atoms with van der Waals surface area (Å²) in [5.41, 5.74) is 0. The van der Waals surface area contributed by atoms with Gasteiger partial charge in [-0.1, -0.05) is 0 Å². The van der Waals surface area contributed by atoms with E-state index in [2.05, 4.69) is 10.4 Å². The van der Waals surface area contributed by atoms with Crippen LogP contribution in [0.15, 0.2) is 12.4 Å². The van der Waals surface area contributed by atoms with E-state index in [-0.39, 0.29) is 0 Å². The summed E-state index contributed by atoms with van der Waals surface area (Å²) in [6, 6.07) is 0. The van der Waals surface area contributed by atoms with Crippen molar-refractivity contribution in [2.45, 2.75) is 13.5 Å². The maximum atomic E-state index is 5.26. The Morgan fingerprint density at radius 2 is 2.50 bits per heavy atom. The second-order valence-corrected chi connectivity index (χ2v) is 2.48. The van der Waals surface area contributed by atoms with Gasteiger partial charge in [-0.3, -0.25) is 4.68 Å². The fraction of sp³-hybridized carbons (Fsp3) is 0.625. The summed E-state index contributed by atoms with van der Waals surface area (Å²) in [6.07, 6.45) is 3.64. The number of rotatable bonds is 5. The Morgan fingerprint density at radius 1 is 1.67 bits per heavy atom. The molecule has 12 heavy (non-hydrogen) atoms. The fourth-order valence-corrected chi connectivity index (χ4v) is 0.934. The van der Waals surface area contributed by atoms with Crippen molar-refractivity contribution in [2.24, 2.45) is 0 Å². The number of nitrogens with zero attached hydrogens (tertiary/aromatic N) is 2. The molecule has 0 saturated heterocycles. The number of hydrogen-bond acceptors (Lipinski definition) is 3. The Labute approximate surface area is 72.5 Å². The molecule has 0 bridgehead atoms. The predicted octanol–water partition coefficient (Wildman–Crippen LogP) is 0.501. The van der Waals surface area contributed by atoms with Crippen LogP contribution in [0.3, 0.4) is 0 Å². The van der Waals surface area contributed by atoms with E-state index in [0.29, 0.717) is 6.61 Å². The maximum Gasteiger partial charge on any atom is 0.157 e. The van der Waals surface area contributed by atoms with Crippen molar-refractivity contribution in [3.8, 4) is 5.75 Å². The monoisotopic (exact) mass is 169 g/mol. The molecule has 0 aromatic carbocycles. The van der Waals surface area contributed by atoms with Gasteiger partial charge in [0.25, 0.3) is 0 Å². The summed E-state index contributed by atoms with van der Waals surface area (Å²) in [7, 11) is 1.92. The van der Waals surface area contributed by atoms with Gasteiger partial charge < -0.3 is 10.1 Å². The van der Waals surface area contributed by atoms with Crippen LogP contribution >= 0.6 is 0 Å². The van der Waals surface area contributed by atoms with Crippen LogP contribution in [0.2, 0.25) is 0 Å². The van der Waals surface area contributed by atoms with Crippen molar-refractivity contribution in [2.75, 3.05) is 20.2 Å². The van der Waals surface area contributed by atoms with E-state index in [1.807, 2.05) is 24.9 Å². The molecule has 0 amide bonds. The molecule has 0 saturated carbocycles. The molecule has 0 atom stereocenters. The van der Waals surface area contributed by atoms with E-state index in [4.69, 9.17) is 4.74 Å². The Balaban J connectivity index is 2.41. The highest BCUT2D eigenvalue weighted by Gasteiger charge is 1.96. The fourth-order valence-electron chi connectivity index (χ4n) is 0.934. The molecule has 1 aromatic heterocycles. The summed E-state index contributed by atoms with van der Waals surface area (Å²) >= 11 is 0. The van der Waals surface area contributed by atoms with Gasteiger partial charge in [0.15, 0.2) is 5.75 Å². The molecular formula is C8H15N3O. The molecule has 1 rings (SSSR count). The Morgan fingerprint density at radius 3 is 3.17 bits per heavy atom. The molecule has 0 spiro atoms. The van der Waals surface area contributed by atoms with E-state index < -0.39 is 0 Å². The third kappa shape index (κ3) is 2.54. The minimum absolute atomic E-state index is 0.692. The first kappa shape index (κ1) is 9.06. The van der Waals surface area contributed by atoms with Crippen molar-refractivity contribution in [1.82, 2.24) is 15.1 Å². The minimum Gasteiger partial charge on any atom is -0.491 e. The van der Waals surface area contributed by atoms with Crippen LogP contribution in [0.25, 0.3) is 0 Å². The molecule has 68 valence electrons. The normalized spacial score (nSPS) is 10.2. The van der Waals surface area contributed by atoms with E-state index in [1.54, 1.807) is 6.20 Å². The topological polar surface area (TPSA) is 39.1 Å². The first-order valence-corrected chi connectivity index (χ1v) is 4.16. The van der Waals surface area contributed by atoms with Gasteiger partial charge in [-0.25, -0.2) is 0 Å². The van der Waals surface area contributed by atoms with E-state index in [0.717, 1.165) is 18.8 Å². The smallest absolute Gasteiger partial charge is 0.157 e. The molecule has 0 unspecified atom stereocenters. The summed E-state index contributed by atoms with van der Waals surface area (Å²) < 4.78 is 7.13. The highest BCUT2D eigenvalue weighted by molar-refractivity contribution is 5.11. The molecular weight excluding hydrogens is 154 g/mol. The van der Waals surface area contributed by atoms with Gasteiger partial charge >= 0.3 is 0 Å². The minimum atomic E-state index is 0.692. The van der Waals surface area contributed by atoms with Crippen molar-refractivity contribution in [3.63, 3.8) is 0 Å². The zero-order valence-electron chi connectivity index (χ0n) is 7.58. The Kier molecular flexibility index (Phi) is 3.60. The number of likely N-dealkylation sites (N-methyl/N-ethyl adjacent to an activating group) is 1. The highest BCUT2D eigenvalue weighted by atomic mass is 16.5. The van der Waals surface area contributed by atoms with Crippen LogP contribution < -0.4 is 10.1 Å². The molecule has 0 aliphatic carbocycles. The largest absolute Gasteiger partial charge is 0.491 e. The van der Waals surface area contributed by atoms with Gasteiger partial charge in [0.1, 0.15) is 0 Å². The van der Waals surface area contributed by atoms with Crippen LogP contribution in [0.1, 0.15) is 6.92 Å². The molecule has 0 aliphatic rings. The molecule has 0 radical (unpaired) electrons. The van der Waals surface area contributed by atoms with Crippen LogP contribution in [0, 0.1) is 0 Å². The lowest BCUT2D eigenvalue weighted by Gasteiger charge is -1.99. The second kappa shape index (κ2) is 4.77. The number of aromatic nitrogens is 2. The zero-order valence-corrected chi connectivity index (χ0v) is 7.58. The van der Waals surface area contributed by atoms with Crippen molar-refractivity contribution in [3.05, 3.63) is 12.4 Å². The van der Waals surface area contributed by atoms with Crippen molar-refractivity contribution in [1.29, 1.82) is 0 Å². The van der Waals surface area contributed by atoms with Crippen molar-refractivity contribution >= 4 is 0 Å². The molecule has 1 heterocycles. The molecule has 0 aliphatic heterocycles. The quantitative estimate of drug-likeness (QED) is 0.697. The summed E-state index contributed by atoms with van der Waals surface area (Å²) in [5.74, 6) is 0.841. The molecule has 1 N–H and O–H groups in total. The van der Waals surface area contributed by atoms with Gasteiger partial charge in [-0.05, 0) is 14.0 Å². The van der Waals surface area contributed by atoms with Crippen LogP contribution in [-0.2, 0) is 6.54 Å². The molecule has 0 fully saturated rings. The molecule has 4 heteroatoms. The lowest BCUT2D eigenvalue weighted by atomic mass is 10.6. The van der Waals surface area contributed by atoms with E-state index in [9.17, 15) is 0 Å². The van der Waals surface area contributed by atoms with Gasteiger partial charge in [-0.2, -0.15) is 5.10 Å². The average Bonchev–Trinajstić information content (AvgIpc) is 2.50. The summed E-state index contributed by atoms with van der Waals surface area (Å²) in [4.78, 5) is 0. The molecule has 4 nitrogen and oxygen atoms in total. The zero-order chi connectivity index (χ0) is 8.81. The predicted molar refractivity (Wildman–Crippen MR) is 47.3 cm³/mol. The van der Waals surface area contributed by atoms with E-state index in [1.165, 1.54) is 0 Å². The SMILES string of the molecule is CCOc1cnn(CCNC)c1. The summed E-state index contributed by atoms with van der Waals surface area (Å²) in [5, 5.41) is 7.18. The van der Waals surface area contributed by atoms with Crippen LogP contribution in [0.5, 0.6) is 5.75 Å². The number of hydrogen-bond donors (Lipinski definition) is 1. The highest BCUT2D eigenvalue weighted by Crippen LogP contribution is 2.06. The van der Waals surface area contributed by atoms with Crippen molar-refractivity contribution < 1.29 is 4.74 Å². The van der Waals surface area contributed by atoms with E-state index >= 15 is 0 Å². The van der Waals surface area contributed by atoms with Gasteiger partial charge in [-0.15, -0.1) is 0 Å². The lowest BCUT2D eigenvalue weighted by Crippen LogP contribution is -2.14. The average molecular weight is 169 g/mol. The Hall–Kier alpha value is -1.03.